The maximum atomic E-state index is 13.3. The molecule has 0 saturated carbocycles. The first kappa shape index (κ1) is 15.6. The van der Waals surface area contributed by atoms with Gasteiger partial charge in [-0.3, -0.25) is 4.98 Å². The van der Waals surface area contributed by atoms with Gasteiger partial charge in [-0.25, -0.2) is 12.8 Å². The average Bonchev–Trinajstić information content (AvgIpc) is 2.48. The van der Waals surface area contributed by atoms with E-state index in [9.17, 15) is 17.9 Å². The first-order chi connectivity index (χ1) is 9.95. The number of benzene rings is 1. The molecule has 0 aliphatic rings. The predicted octanol–water partition coefficient (Wildman–Crippen LogP) is 1.53. The van der Waals surface area contributed by atoms with Gasteiger partial charge < -0.3 is 5.11 Å². The van der Waals surface area contributed by atoms with Crippen molar-refractivity contribution < 1.29 is 17.9 Å². The lowest BCUT2D eigenvalue weighted by Crippen LogP contribution is -2.28. The number of aliphatic hydroxyl groups is 1. The van der Waals surface area contributed by atoms with E-state index < -0.39 is 22.4 Å². The molecule has 0 atom stereocenters. The Morgan fingerprint density at radius 1 is 1.29 bits per heavy atom. The zero-order valence-electron chi connectivity index (χ0n) is 11.4. The van der Waals surface area contributed by atoms with Crippen molar-refractivity contribution in [2.45, 2.75) is 18.0 Å². The molecule has 0 radical (unpaired) electrons. The summed E-state index contributed by atoms with van der Waals surface area (Å²) in [5, 5.41) is 9.23. The number of aromatic nitrogens is 1. The number of sulfonamides is 1. The summed E-state index contributed by atoms with van der Waals surface area (Å²) in [4.78, 5) is 3.82. The van der Waals surface area contributed by atoms with Crippen molar-refractivity contribution in [2.75, 3.05) is 7.05 Å². The van der Waals surface area contributed by atoms with Crippen LogP contribution in [0, 0.1) is 5.82 Å². The number of rotatable bonds is 5. The van der Waals surface area contributed by atoms with Gasteiger partial charge in [0, 0.05) is 13.2 Å². The highest BCUT2D eigenvalue weighted by atomic mass is 32.2. The first-order valence-corrected chi connectivity index (χ1v) is 7.64. The van der Waals surface area contributed by atoms with Crippen LogP contribution < -0.4 is 0 Å². The fourth-order valence-corrected chi connectivity index (χ4v) is 3.24. The fraction of sp³-hybridized carbons (Fsp3) is 0.214. The second-order valence-electron chi connectivity index (χ2n) is 4.49. The summed E-state index contributed by atoms with van der Waals surface area (Å²) in [7, 11) is -2.52. The highest BCUT2D eigenvalue weighted by Gasteiger charge is 2.24. The molecule has 21 heavy (non-hydrogen) atoms. The molecule has 1 heterocycles. The van der Waals surface area contributed by atoms with Crippen LogP contribution in [0.25, 0.3) is 0 Å². The van der Waals surface area contributed by atoms with Gasteiger partial charge in [0.2, 0.25) is 10.0 Å². The minimum absolute atomic E-state index is 0.0601. The van der Waals surface area contributed by atoms with Crippen molar-refractivity contribution in [3.63, 3.8) is 0 Å². The van der Waals surface area contributed by atoms with Gasteiger partial charge in [0.1, 0.15) is 5.82 Å². The highest BCUT2D eigenvalue weighted by molar-refractivity contribution is 7.89. The number of pyridine rings is 1. The van der Waals surface area contributed by atoms with E-state index in [1.54, 1.807) is 24.4 Å². The van der Waals surface area contributed by atoms with Crippen molar-refractivity contribution in [1.29, 1.82) is 0 Å². The van der Waals surface area contributed by atoms with E-state index in [-0.39, 0.29) is 17.0 Å². The molecule has 0 saturated heterocycles. The molecule has 0 spiro atoms. The number of aliphatic hydroxyl groups excluding tert-OH is 1. The molecule has 112 valence electrons. The predicted molar refractivity (Wildman–Crippen MR) is 75.2 cm³/mol. The van der Waals surface area contributed by atoms with Crippen molar-refractivity contribution >= 4 is 10.0 Å². The van der Waals surface area contributed by atoms with Gasteiger partial charge in [-0.05, 0) is 29.8 Å². The normalized spacial score (nSPS) is 11.8. The molecule has 2 aromatic rings. The Hall–Kier alpha value is -1.83. The molecule has 0 aliphatic heterocycles. The van der Waals surface area contributed by atoms with Crippen LogP contribution in [-0.2, 0) is 23.2 Å². The van der Waals surface area contributed by atoms with Crippen molar-refractivity contribution in [3.8, 4) is 0 Å². The van der Waals surface area contributed by atoms with Gasteiger partial charge in [0.25, 0.3) is 0 Å². The van der Waals surface area contributed by atoms with Gasteiger partial charge in [0.05, 0.1) is 23.7 Å². The molecule has 1 aromatic heterocycles. The summed E-state index contributed by atoms with van der Waals surface area (Å²) in [6.45, 7) is -0.420. The van der Waals surface area contributed by atoms with Crippen LogP contribution in [-0.4, -0.2) is 29.9 Å². The lowest BCUT2D eigenvalue weighted by molar-refractivity contribution is 0.278. The van der Waals surface area contributed by atoms with E-state index in [4.69, 9.17) is 0 Å². The molecular formula is C14H15FN2O3S. The zero-order chi connectivity index (χ0) is 15.5. The van der Waals surface area contributed by atoms with Crippen LogP contribution in [0.5, 0.6) is 0 Å². The Balaban J connectivity index is 2.35. The summed E-state index contributed by atoms with van der Waals surface area (Å²) in [5.74, 6) is -0.669. The largest absolute Gasteiger partial charge is 0.392 e. The molecule has 0 aliphatic carbocycles. The Morgan fingerprint density at radius 2 is 2.05 bits per heavy atom. The Labute approximate surface area is 122 Å². The molecule has 1 N–H and O–H groups in total. The second kappa shape index (κ2) is 6.30. The van der Waals surface area contributed by atoms with Crippen LogP contribution >= 0.6 is 0 Å². The molecular weight excluding hydrogens is 295 g/mol. The summed E-state index contributed by atoms with van der Waals surface area (Å²) in [6.07, 6.45) is 1.57. The number of hydrogen-bond donors (Lipinski definition) is 1. The Morgan fingerprint density at radius 3 is 2.67 bits per heavy atom. The van der Waals surface area contributed by atoms with Gasteiger partial charge >= 0.3 is 0 Å². The summed E-state index contributed by atoms with van der Waals surface area (Å²) in [6, 6.07) is 8.47. The number of hydrogen-bond acceptors (Lipinski definition) is 4. The van der Waals surface area contributed by atoms with E-state index in [0.29, 0.717) is 5.69 Å². The maximum absolute atomic E-state index is 13.3. The third-order valence-electron chi connectivity index (χ3n) is 3.00. The molecule has 0 unspecified atom stereocenters. The summed E-state index contributed by atoms with van der Waals surface area (Å²) < 4.78 is 39.4. The molecule has 0 bridgehead atoms. The number of halogens is 1. The zero-order valence-corrected chi connectivity index (χ0v) is 12.2. The third-order valence-corrected chi connectivity index (χ3v) is 4.88. The molecule has 5 nitrogen and oxygen atoms in total. The lowest BCUT2D eigenvalue weighted by atomic mass is 10.2. The number of nitrogens with zero attached hydrogens (tertiary/aromatic N) is 2. The van der Waals surface area contributed by atoms with Crippen molar-refractivity contribution in [2.24, 2.45) is 0 Å². The van der Waals surface area contributed by atoms with Crippen molar-refractivity contribution in [3.05, 3.63) is 59.7 Å². The molecule has 7 heteroatoms. The van der Waals surface area contributed by atoms with Crippen LogP contribution in [0.1, 0.15) is 11.3 Å². The van der Waals surface area contributed by atoms with Crippen LogP contribution in [0.4, 0.5) is 4.39 Å². The second-order valence-corrected chi connectivity index (χ2v) is 6.51. The Bertz CT molecular complexity index is 720. The minimum Gasteiger partial charge on any atom is -0.392 e. The van der Waals surface area contributed by atoms with E-state index in [2.05, 4.69) is 4.98 Å². The van der Waals surface area contributed by atoms with Gasteiger partial charge in [0.15, 0.2) is 0 Å². The quantitative estimate of drug-likeness (QED) is 0.909. The summed E-state index contributed by atoms with van der Waals surface area (Å²) in [5.41, 5.74) is 0.731. The van der Waals surface area contributed by atoms with Crippen molar-refractivity contribution in [1.82, 2.24) is 9.29 Å². The SMILES string of the molecule is CN(Cc1ccccn1)S(=O)(=O)c1cc(F)ccc1CO. The maximum Gasteiger partial charge on any atom is 0.243 e. The lowest BCUT2D eigenvalue weighted by Gasteiger charge is -2.18. The van der Waals surface area contributed by atoms with Gasteiger partial charge in [-0.15, -0.1) is 0 Å². The summed E-state index contributed by atoms with van der Waals surface area (Å²) >= 11 is 0. The van der Waals surface area contributed by atoms with E-state index in [1.165, 1.54) is 13.1 Å². The minimum atomic E-state index is -3.91. The van der Waals surface area contributed by atoms with E-state index in [1.807, 2.05) is 0 Å². The smallest absolute Gasteiger partial charge is 0.243 e. The van der Waals surface area contributed by atoms with Crippen LogP contribution in [0.15, 0.2) is 47.5 Å². The molecule has 1 aromatic carbocycles. The first-order valence-electron chi connectivity index (χ1n) is 6.20. The van der Waals surface area contributed by atoms with Gasteiger partial charge in [-0.2, -0.15) is 4.31 Å². The van der Waals surface area contributed by atoms with E-state index >= 15 is 0 Å². The fourth-order valence-electron chi connectivity index (χ4n) is 1.87. The molecule has 0 amide bonds. The third kappa shape index (κ3) is 3.44. The standard InChI is InChI=1S/C14H15FN2O3S/c1-17(9-13-4-2-3-7-16-13)21(19,20)14-8-12(15)6-5-11(14)10-18/h2-8,18H,9-10H2,1H3. The molecule has 0 fully saturated rings. The highest BCUT2D eigenvalue weighted by Crippen LogP contribution is 2.22. The monoisotopic (exact) mass is 310 g/mol. The Kier molecular flexibility index (Phi) is 4.66. The van der Waals surface area contributed by atoms with Gasteiger partial charge in [-0.1, -0.05) is 12.1 Å². The topological polar surface area (TPSA) is 70.5 Å². The van der Waals surface area contributed by atoms with Crippen LogP contribution in [0.3, 0.4) is 0 Å². The average molecular weight is 310 g/mol. The molecule has 2 rings (SSSR count). The van der Waals surface area contributed by atoms with Crippen LogP contribution in [0.2, 0.25) is 0 Å². The van der Waals surface area contributed by atoms with E-state index in [0.717, 1.165) is 16.4 Å².